The maximum atomic E-state index is 13.0. The number of hydrogen-bond acceptors (Lipinski definition) is 5. The highest BCUT2D eigenvalue weighted by atomic mass is 32.1. The minimum Gasteiger partial charge on any atom is -0.367 e. The van der Waals surface area contributed by atoms with Gasteiger partial charge < -0.3 is 10.2 Å². The van der Waals surface area contributed by atoms with Crippen molar-refractivity contribution in [1.29, 1.82) is 0 Å². The molecule has 3 heterocycles. The second-order valence-corrected chi connectivity index (χ2v) is 8.24. The largest absolute Gasteiger partial charge is 0.367 e. The van der Waals surface area contributed by atoms with Gasteiger partial charge in [0.15, 0.2) is 0 Å². The van der Waals surface area contributed by atoms with Gasteiger partial charge in [-0.25, -0.2) is 4.98 Å². The molecule has 4 nitrogen and oxygen atoms in total. The van der Waals surface area contributed by atoms with E-state index in [-0.39, 0.29) is 5.91 Å². The number of carbonyl (C=O) groups is 1. The monoisotopic (exact) mass is 369 g/mol. The van der Waals surface area contributed by atoms with Crippen LogP contribution in [0.4, 0.5) is 5.82 Å². The minimum absolute atomic E-state index is 0.0206. The smallest absolute Gasteiger partial charge is 0.256 e. The van der Waals surface area contributed by atoms with Crippen molar-refractivity contribution in [2.24, 2.45) is 0 Å². The number of hydrogen-bond donors (Lipinski definition) is 1. The molecule has 6 heteroatoms. The lowest BCUT2D eigenvalue weighted by atomic mass is 10.2. The van der Waals surface area contributed by atoms with Crippen molar-refractivity contribution in [2.75, 3.05) is 5.32 Å². The number of pyridine rings is 1. The summed E-state index contributed by atoms with van der Waals surface area (Å²) >= 11 is 3.35. The van der Waals surface area contributed by atoms with E-state index in [1.165, 1.54) is 22.6 Å². The van der Waals surface area contributed by atoms with Gasteiger partial charge in [-0.1, -0.05) is 12.1 Å². The molecular weight excluding hydrogens is 350 g/mol. The highest BCUT2D eigenvalue weighted by Crippen LogP contribution is 2.24. The van der Waals surface area contributed by atoms with E-state index in [0.717, 1.165) is 5.82 Å². The van der Waals surface area contributed by atoms with Crippen molar-refractivity contribution in [3.63, 3.8) is 0 Å². The molecule has 0 spiro atoms. The molecule has 3 aromatic heterocycles. The average Bonchev–Trinajstić information content (AvgIpc) is 3.09. The molecule has 3 aromatic rings. The second-order valence-electron chi connectivity index (χ2n) is 6.17. The van der Waals surface area contributed by atoms with Gasteiger partial charge in [-0.15, -0.1) is 22.7 Å². The van der Waals surface area contributed by atoms with Gasteiger partial charge in [0.1, 0.15) is 5.82 Å². The maximum absolute atomic E-state index is 13.0. The van der Waals surface area contributed by atoms with Crippen molar-refractivity contribution in [3.05, 3.63) is 68.7 Å². The van der Waals surface area contributed by atoms with E-state index in [1.54, 1.807) is 28.9 Å². The molecule has 0 saturated heterocycles. The molecule has 0 aliphatic heterocycles. The van der Waals surface area contributed by atoms with Crippen LogP contribution in [0.3, 0.4) is 0 Å². The number of anilines is 1. The van der Waals surface area contributed by atoms with Crippen molar-refractivity contribution in [3.8, 4) is 0 Å². The zero-order valence-corrected chi connectivity index (χ0v) is 15.4. The SMILES string of the molecule is O=C(c1ccc(NC2CC2)nc1)N(Cc1cccs1)Cc1cccs1. The molecule has 25 heavy (non-hydrogen) atoms. The zero-order chi connectivity index (χ0) is 17.1. The molecule has 1 amide bonds. The van der Waals surface area contributed by atoms with E-state index in [4.69, 9.17) is 0 Å². The van der Waals surface area contributed by atoms with E-state index in [0.29, 0.717) is 24.7 Å². The van der Waals surface area contributed by atoms with Gasteiger partial charge in [-0.05, 0) is 47.9 Å². The Morgan fingerprint density at radius 3 is 2.24 bits per heavy atom. The lowest BCUT2D eigenvalue weighted by Gasteiger charge is -2.21. The van der Waals surface area contributed by atoms with Crippen LogP contribution in [0.5, 0.6) is 0 Å². The van der Waals surface area contributed by atoms with E-state index in [1.807, 2.05) is 39.9 Å². The first-order chi connectivity index (χ1) is 12.3. The number of amides is 1. The van der Waals surface area contributed by atoms with Crippen LogP contribution >= 0.6 is 22.7 Å². The summed E-state index contributed by atoms with van der Waals surface area (Å²) in [5, 5.41) is 7.44. The summed E-state index contributed by atoms with van der Waals surface area (Å²) < 4.78 is 0. The fourth-order valence-corrected chi connectivity index (χ4v) is 4.04. The van der Waals surface area contributed by atoms with E-state index < -0.39 is 0 Å². The Kier molecular flexibility index (Phi) is 4.81. The summed E-state index contributed by atoms with van der Waals surface area (Å²) in [5.74, 6) is 0.870. The molecule has 0 atom stereocenters. The van der Waals surface area contributed by atoms with E-state index in [9.17, 15) is 4.79 Å². The van der Waals surface area contributed by atoms with E-state index >= 15 is 0 Å². The summed E-state index contributed by atoms with van der Waals surface area (Å²) in [6.45, 7) is 1.24. The van der Waals surface area contributed by atoms with Gasteiger partial charge in [-0.3, -0.25) is 4.79 Å². The standard InChI is InChI=1S/C19H19N3OS2/c23-19(14-5-8-18(20-11-14)21-15-6-7-15)22(12-16-3-1-9-24-16)13-17-4-2-10-25-17/h1-5,8-11,15H,6-7,12-13H2,(H,20,21). The van der Waals surface area contributed by atoms with Gasteiger partial charge in [-0.2, -0.15) is 0 Å². The van der Waals surface area contributed by atoms with Gasteiger partial charge >= 0.3 is 0 Å². The number of aromatic nitrogens is 1. The Bertz CT molecular complexity index is 773. The molecule has 1 aliphatic rings. The Hall–Kier alpha value is -2.18. The Balaban J connectivity index is 1.51. The summed E-state index contributed by atoms with van der Waals surface area (Å²) in [4.78, 5) is 21.7. The predicted octanol–water partition coefficient (Wildman–Crippen LogP) is 4.62. The third kappa shape index (κ3) is 4.27. The van der Waals surface area contributed by atoms with Crippen LogP contribution in [0.1, 0.15) is 33.0 Å². The molecule has 1 fully saturated rings. The highest BCUT2D eigenvalue weighted by molar-refractivity contribution is 7.10. The van der Waals surface area contributed by atoms with Crippen molar-refractivity contribution in [2.45, 2.75) is 32.0 Å². The van der Waals surface area contributed by atoms with Crippen LogP contribution in [-0.4, -0.2) is 21.8 Å². The summed E-state index contributed by atoms with van der Waals surface area (Å²) in [6.07, 6.45) is 4.10. The minimum atomic E-state index is 0.0206. The summed E-state index contributed by atoms with van der Waals surface area (Å²) in [5.41, 5.74) is 0.634. The molecule has 128 valence electrons. The quantitative estimate of drug-likeness (QED) is 0.661. The number of nitrogens with one attached hydrogen (secondary N) is 1. The third-order valence-corrected chi connectivity index (χ3v) is 5.80. The lowest BCUT2D eigenvalue weighted by molar-refractivity contribution is 0.0733. The summed E-state index contributed by atoms with van der Waals surface area (Å²) in [6, 6.07) is 12.5. The first-order valence-corrected chi connectivity index (χ1v) is 10.1. The predicted molar refractivity (Wildman–Crippen MR) is 103 cm³/mol. The number of rotatable bonds is 7. The van der Waals surface area contributed by atoms with E-state index in [2.05, 4.69) is 22.4 Å². The maximum Gasteiger partial charge on any atom is 0.256 e. The topological polar surface area (TPSA) is 45.2 Å². The molecule has 1 aliphatic carbocycles. The number of thiophene rings is 2. The normalized spacial score (nSPS) is 13.6. The summed E-state index contributed by atoms with van der Waals surface area (Å²) in [7, 11) is 0. The molecule has 0 aromatic carbocycles. The van der Waals surface area contributed by atoms with Crippen molar-refractivity contribution < 1.29 is 4.79 Å². The molecule has 4 rings (SSSR count). The number of nitrogens with zero attached hydrogens (tertiary/aromatic N) is 2. The molecule has 0 unspecified atom stereocenters. The van der Waals surface area contributed by atoms with Crippen LogP contribution in [0.25, 0.3) is 0 Å². The molecule has 1 N–H and O–H groups in total. The van der Waals surface area contributed by atoms with Gasteiger partial charge in [0, 0.05) is 22.0 Å². The molecule has 0 bridgehead atoms. The number of carbonyl (C=O) groups excluding carboxylic acids is 1. The van der Waals surface area contributed by atoms with Crippen LogP contribution < -0.4 is 5.32 Å². The van der Waals surface area contributed by atoms with Crippen molar-refractivity contribution >= 4 is 34.4 Å². The van der Waals surface area contributed by atoms with Gasteiger partial charge in [0.25, 0.3) is 5.91 Å². The molecule has 0 radical (unpaired) electrons. The first kappa shape index (κ1) is 16.3. The lowest BCUT2D eigenvalue weighted by Crippen LogP contribution is -2.29. The first-order valence-electron chi connectivity index (χ1n) is 8.34. The second kappa shape index (κ2) is 7.37. The highest BCUT2D eigenvalue weighted by Gasteiger charge is 2.22. The van der Waals surface area contributed by atoms with Gasteiger partial charge in [0.05, 0.1) is 18.7 Å². The zero-order valence-electron chi connectivity index (χ0n) is 13.7. The van der Waals surface area contributed by atoms with Crippen LogP contribution in [0.2, 0.25) is 0 Å². The fraction of sp³-hybridized carbons (Fsp3) is 0.263. The Labute approximate surface area is 155 Å². The Morgan fingerprint density at radius 1 is 1.08 bits per heavy atom. The molecule has 1 saturated carbocycles. The van der Waals surface area contributed by atoms with Crippen molar-refractivity contribution in [1.82, 2.24) is 9.88 Å². The van der Waals surface area contributed by atoms with Gasteiger partial charge in [0.2, 0.25) is 0 Å². The third-order valence-electron chi connectivity index (χ3n) is 4.08. The Morgan fingerprint density at radius 2 is 1.76 bits per heavy atom. The average molecular weight is 370 g/mol. The fourth-order valence-electron chi connectivity index (χ4n) is 2.61. The van der Waals surface area contributed by atoms with Crippen LogP contribution in [0.15, 0.2) is 53.4 Å². The van der Waals surface area contributed by atoms with Crippen LogP contribution in [0, 0.1) is 0 Å². The van der Waals surface area contributed by atoms with Crippen LogP contribution in [-0.2, 0) is 13.1 Å². The molecular formula is C19H19N3OS2.